The van der Waals surface area contributed by atoms with Crippen molar-refractivity contribution in [1.82, 2.24) is 9.97 Å². The summed E-state index contributed by atoms with van der Waals surface area (Å²) in [4.78, 5) is 21.2. The number of carbonyl (C=O) groups is 1. The lowest BCUT2D eigenvalue weighted by molar-refractivity contribution is -0.117. The van der Waals surface area contributed by atoms with Crippen LogP contribution in [0, 0.1) is 0 Å². The fourth-order valence-corrected chi connectivity index (χ4v) is 1.58. The normalized spacial score (nSPS) is 14.6. The van der Waals surface area contributed by atoms with Crippen molar-refractivity contribution in [2.75, 3.05) is 18.0 Å². The van der Waals surface area contributed by atoms with E-state index in [1.165, 1.54) is 6.33 Å². The largest absolute Gasteiger partial charge is 0.330 e. The van der Waals surface area contributed by atoms with Crippen molar-refractivity contribution in [2.24, 2.45) is 5.73 Å². The maximum atomic E-state index is 11.6. The van der Waals surface area contributed by atoms with Gasteiger partial charge in [0.2, 0.25) is 5.91 Å². The molecule has 1 aromatic heterocycles. The molecule has 0 spiro atoms. The summed E-state index contributed by atoms with van der Waals surface area (Å²) in [6, 6.07) is 0. The lowest BCUT2D eigenvalue weighted by atomic mass is 10.3. The van der Waals surface area contributed by atoms with Gasteiger partial charge in [0.05, 0.1) is 6.42 Å². The molecule has 0 fully saturated rings. The summed E-state index contributed by atoms with van der Waals surface area (Å²) >= 11 is 0. The third-order valence-corrected chi connectivity index (χ3v) is 2.25. The number of nitrogens with zero attached hydrogens (tertiary/aromatic N) is 3. The van der Waals surface area contributed by atoms with Gasteiger partial charge in [-0.15, -0.1) is 0 Å². The van der Waals surface area contributed by atoms with Crippen molar-refractivity contribution in [3.8, 4) is 0 Å². The summed E-state index contributed by atoms with van der Waals surface area (Å²) < 4.78 is 0. The van der Waals surface area contributed by atoms with Crippen molar-refractivity contribution in [2.45, 2.75) is 12.8 Å². The minimum Gasteiger partial charge on any atom is -0.330 e. The molecular weight excluding hydrogens is 180 g/mol. The summed E-state index contributed by atoms with van der Waals surface area (Å²) in [5.74, 6) is 0.840. The molecule has 0 aromatic carbocycles. The molecule has 74 valence electrons. The van der Waals surface area contributed by atoms with Gasteiger partial charge in [-0.1, -0.05) is 0 Å². The number of carbonyl (C=O) groups excluding carboxylic acids is 1. The van der Waals surface area contributed by atoms with Crippen molar-refractivity contribution in [3.05, 3.63) is 18.1 Å². The van der Waals surface area contributed by atoms with E-state index < -0.39 is 0 Å². The Morgan fingerprint density at radius 3 is 3.21 bits per heavy atom. The smallest absolute Gasteiger partial charge is 0.232 e. The van der Waals surface area contributed by atoms with Gasteiger partial charge in [0.15, 0.2) is 0 Å². The van der Waals surface area contributed by atoms with E-state index in [9.17, 15) is 4.79 Å². The number of amides is 1. The van der Waals surface area contributed by atoms with Crippen molar-refractivity contribution in [1.29, 1.82) is 0 Å². The lowest BCUT2D eigenvalue weighted by Gasteiger charge is -2.14. The first-order valence-electron chi connectivity index (χ1n) is 4.62. The maximum absolute atomic E-state index is 11.6. The Hall–Kier alpha value is -1.49. The van der Waals surface area contributed by atoms with Gasteiger partial charge in [0.25, 0.3) is 0 Å². The molecule has 1 aromatic rings. The highest BCUT2D eigenvalue weighted by atomic mass is 16.2. The van der Waals surface area contributed by atoms with Gasteiger partial charge < -0.3 is 5.73 Å². The molecule has 1 amide bonds. The summed E-state index contributed by atoms with van der Waals surface area (Å²) in [6.07, 6.45) is 4.38. The molecule has 0 radical (unpaired) electrons. The summed E-state index contributed by atoms with van der Waals surface area (Å²) in [6.45, 7) is 1.24. The highest BCUT2D eigenvalue weighted by Crippen LogP contribution is 2.24. The Balaban J connectivity index is 2.21. The molecular formula is C9H12N4O. The molecule has 0 saturated carbocycles. The standard InChI is InChI=1S/C9H12N4O/c10-2-1-3-13-8(14)4-7-5-11-6-12-9(7)13/h5-6H,1-4,10H2. The van der Waals surface area contributed by atoms with Crippen molar-refractivity contribution < 1.29 is 4.79 Å². The molecule has 0 saturated heterocycles. The Morgan fingerprint density at radius 2 is 2.43 bits per heavy atom. The first kappa shape index (κ1) is 9.08. The van der Waals surface area contributed by atoms with Gasteiger partial charge in [-0.05, 0) is 13.0 Å². The number of hydrogen-bond acceptors (Lipinski definition) is 4. The third kappa shape index (κ3) is 1.46. The van der Waals surface area contributed by atoms with Gasteiger partial charge in [-0.25, -0.2) is 9.97 Å². The molecule has 0 unspecified atom stereocenters. The molecule has 2 heterocycles. The van der Waals surface area contributed by atoms with Gasteiger partial charge in [-0.3, -0.25) is 9.69 Å². The minimum atomic E-state index is 0.0916. The van der Waals surface area contributed by atoms with Crippen molar-refractivity contribution >= 4 is 11.7 Å². The number of anilines is 1. The van der Waals surface area contributed by atoms with E-state index in [0.29, 0.717) is 19.5 Å². The van der Waals surface area contributed by atoms with Crippen LogP contribution in [0.5, 0.6) is 0 Å². The van der Waals surface area contributed by atoms with Crippen LogP contribution in [0.2, 0.25) is 0 Å². The average molecular weight is 192 g/mol. The van der Waals surface area contributed by atoms with E-state index in [1.807, 2.05) is 0 Å². The molecule has 2 rings (SSSR count). The number of fused-ring (bicyclic) bond motifs is 1. The summed E-state index contributed by atoms with van der Waals surface area (Å²) in [5, 5.41) is 0. The predicted octanol–water partition coefficient (Wildman–Crippen LogP) is -0.285. The SMILES string of the molecule is NCCCN1C(=O)Cc2cncnc21. The van der Waals surface area contributed by atoms with E-state index in [4.69, 9.17) is 5.73 Å². The molecule has 1 aliphatic heterocycles. The number of rotatable bonds is 3. The van der Waals surface area contributed by atoms with Crippen LogP contribution in [-0.2, 0) is 11.2 Å². The zero-order valence-corrected chi connectivity index (χ0v) is 7.81. The lowest BCUT2D eigenvalue weighted by Crippen LogP contribution is -2.29. The Bertz CT molecular complexity index is 352. The number of nitrogens with two attached hydrogens (primary N) is 1. The van der Waals surface area contributed by atoms with Crippen LogP contribution < -0.4 is 10.6 Å². The van der Waals surface area contributed by atoms with E-state index in [2.05, 4.69) is 9.97 Å². The van der Waals surface area contributed by atoms with E-state index in [0.717, 1.165) is 17.8 Å². The molecule has 14 heavy (non-hydrogen) atoms. The fourth-order valence-electron chi connectivity index (χ4n) is 1.58. The van der Waals surface area contributed by atoms with Crippen LogP contribution in [0.4, 0.5) is 5.82 Å². The molecule has 5 nitrogen and oxygen atoms in total. The van der Waals surface area contributed by atoms with Gasteiger partial charge in [0.1, 0.15) is 12.1 Å². The second-order valence-corrected chi connectivity index (χ2v) is 3.24. The summed E-state index contributed by atoms with van der Waals surface area (Å²) in [7, 11) is 0. The van der Waals surface area contributed by atoms with Crippen LogP contribution in [0.3, 0.4) is 0 Å². The van der Waals surface area contributed by atoms with Gasteiger partial charge >= 0.3 is 0 Å². The minimum absolute atomic E-state index is 0.0916. The van der Waals surface area contributed by atoms with Gasteiger partial charge in [0, 0.05) is 18.3 Å². The molecule has 5 heteroatoms. The molecule has 0 bridgehead atoms. The Kier molecular flexibility index (Phi) is 2.41. The second kappa shape index (κ2) is 3.71. The zero-order valence-electron chi connectivity index (χ0n) is 7.81. The Labute approximate surface area is 82.0 Å². The molecule has 2 N–H and O–H groups in total. The maximum Gasteiger partial charge on any atom is 0.232 e. The van der Waals surface area contributed by atoms with Crippen LogP contribution in [0.25, 0.3) is 0 Å². The third-order valence-electron chi connectivity index (χ3n) is 2.25. The van der Waals surface area contributed by atoms with Crippen molar-refractivity contribution in [3.63, 3.8) is 0 Å². The topological polar surface area (TPSA) is 72.1 Å². The summed E-state index contributed by atoms with van der Waals surface area (Å²) in [5.41, 5.74) is 6.31. The predicted molar refractivity (Wildman–Crippen MR) is 51.8 cm³/mol. The monoisotopic (exact) mass is 192 g/mol. The first-order valence-corrected chi connectivity index (χ1v) is 4.62. The highest BCUT2D eigenvalue weighted by Gasteiger charge is 2.27. The van der Waals surface area contributed by atoms with Gasteiger partial charge in [-0.2, -0.15) is 0 Å². The first-order chi connectivity index (χ1) is 6.83. The van der Waals surface area contributed by atoms with Crippen LogP contribution in [-0.4, -0.2) is 29.0 Å². The number of aromatic nitrogens is 2. The molecule has 0 aliphatic carbocycles. The van der Waals surface area contributed by atoms with Crippen LogP contribution >= 0.6 is 0 Å². The average Bonchev–Trinajstić information content (AvgIpc) is 2.51. The highest BCUT2D eigenvalue weighted by molar-refractivity contribution is 5.99. The van der Waals surface area contributed by atoms with E-state index in [-0.39, 0.29) is 5.91 Å². The Morgan fingerprint density at radius 1 is 1.57 bits per heavy atom. The van der Waals surface area contributed by atoms with Crippen LogP contribution in [0.1, 0.15) is 12.0 Å². The van der Waals surface area contributed by atoms with Crippen LogP contribution in [0.15, 0.2) is 12.5 Å². The quantitative estimate of drug-likeness (QED) is 0.714. The fraction of sp³-hybridized carbons (Fsp3) is 0.444. The van der Waals surface area contributed by atoms with E-state index >= 15 is 0 Å². The number of hydrogen-bond donors (Lipinski definition) is 1. The second-order valence-electron chi connectivity index (χ2n) is 3.24. The van der Waals surface area contributed by atoms with E-state index in [1.54, 1.807) is 11.1 Å². The zero-order chi connectivity index (χ0) is 9.97. The molecule has 1 aliphatic rings. The molecule has 0 atom stereocenters.